The average Bonchev–Trinajstić information content (AvgIpc) is 2.33. The molecule has 2 nitrogen and oxygen atoms in total. The minimum absolute atomic E-state index is 0.00225. The van der Waals surface area contributed by atoms with Gasteiger partial charge in [-0.2, -0.15) is 13.2 Å². The fourth-order valence-corrected chi connectivity index (χ4v) is 2.18. The van der Waals surface area contributed by atoms with E-state index in [1.807, 2.05) is 34.6 Å². The minimum Gasteiger partial charge on any atom is -0.459 e. The predicted octanol–water partition coefficient (Wildman–Crippen LogP) is 5.65. The second-order valence-corrected chi connectivity index (χ2v) is 6.89. The molecule has 0 rings (SSSR count). The van der Waals surface area contributed by atoms with Gasteiger partial charge in [0.15, 0.2) is 0 Å². The molecule has 0 atom stereocenters. The van der Waals surface area contributed by atoms with Crippen molar-refractivity contribution in [3.8, 4) is 0 Å². The number of hydrogen-bond donors (Lipinski definition) is 0. The first-order valence-corrected chi connectivity index (χ1v) is 7.71. The SMILES string of the molecule is CCC(CC)(CCCC(F)(F)F)OC(=O)CCC(C)(C)C. The number of halogens is 3. The minimum atomic E-state index is -4.15. The van der Waals surface area contributed by atoms with Crippen LogP contribution in [-0.2, 0) is 9.53 Å². The van der Waals surface area contributed by atoms with E-state index in [-0.39, 0.29) is 24.2 Å². The van der Waals surface area contributed by atoms with Gasteiger partial charge in [0.1, 0.15) is 5.60 Å². The van der Waals surface area contributed by atoms with E-state index < -0.39 is 18.2 Å². The van der Waals surface area contributed by atoms with E-state index in [1.165, 1.54) is 0 Å². The molecule has 126 valence electrons. The van der Waals surface area contributed by atoms with Gasteiger partial charge in [-0.25, -0.2) is 0 Å². The van der Waals surface area contributed by atoms with Crippen LogP contribution in [0.15, 0.2) is 0 Å². The molecule has 0 amide bonds. The zero-order valence-corrected chi connectivity index (χ0v) is 13.9. The first-order chi connectivity index (χ1) is 9.43. The second kappa shape index (κ2) is 8.04. The highest BCUT2D eigenvalue weighted by Crippen LogP contribution is 2.32. The van der Waals surface area contributed by atoms with Crippen molar-refractivity contribution in [2.45, 2.75) is 91.3 Å². The molecule has 0 spiro atoms. The molecule has 21 heavy (non-hydrogen) atoms. The van der Waals surface area contributed by atoms with Crippen LogP contribution in [0.3, 0.4) is 0 Å². The topological polar surface area (TPSA) is 26.3 Å². The van der Waals surface area contributed by atoms with E-state index in [9.17, 15) is 18.0 Å². The highest BCUT2D eigenvalue weighted by atomic mass is 19.4. The van der Waals surface area contributed by atoms with E-state index >= 15 is 0 Å². The smallest absolute Gasteiger partial charge is 0.389 e. The lowest BCUT2D eigenvalue weighted by atomic mass is 9.89. The van der Waals surface area contributed by atoms with Crippen molar-refractivity contribution < 1.29 is 22.7 Å². The standard InChI is InChI=1S/C16H29F3O2/c1-6-15(7-2,10-8-11-16(17,18)19)21-13(20)9-12-14(3,4)5/h6-12H2,1-5H3. The van der Waals surface area contributed by atoms with Crippen LogP contribution in [0.25, 0.3) is 0 Å². The number of hydrogen-bond acceptors (Lipinski definition) is 2. The summed E-state index contributed by atoms with van der Waals surface area (Å²) in [5.74, 6) is -0.305. The summed E-state index contributed by atoms with van der Waals surface area (Å²) in [7, 11) is 0. The van der Waals surface area contributed by atoms with Gasteiger partial charge in [0.2, 0.25) is 0 Å². The van der Waals surface area contributed by atoms with Crippen LogP contribution in [0.4, 0.5) is 13.2 Å². The Hall–Kier alpha value is -0.740. The van der Waals surface area contributed by atoms with Crippen molar-refractivity contribution in [2.75, 3.05) is 0 Å². The van der Waals surface area contributed by atoms with Gasteiger partial charge in [0, 0.05) is 12.8 Å². The van der Waals surface area contributed by atoms with E-state index in [2.05, 4.69) is 0 Å². The summed E-state index contributed by atoms with van der Waals surface area (Å²) in [5, 5.41) is 0. The molecule has 0 aromatic heterocycles. The molecule has 0 aliphatic heterocycles. The van der Waals surface area contributed by atoms with Crippen LogP contribution in [0, 0.1) is 5.41 Å². The molecule has 0 radical (unpaired) electrons. The highest BCUT2D eigenvalue weighted by molar-refractivity contribution is 5.70. The van der Waals surface area contributed by atoms with Crippen molar-refractivity contribution in [1.82, 2.24) is 0 Å². The summed E-state index contributed by atoms with van der Waals surface area (Å²) in [5.41, 5.74) is -0.712. The van der Waals surface area contributed by atoms with Gasteiger partial charge in [0.05, 0.1) is 0 Å². The highest BCUT2D eigenvalue weighted by Gasteiger charge is 2.33. The monoisotopic (exact) mass is 310 g/mol. The molecule has 0 saturated heterocycles. The molecule has 0 heterocycles. The molecule has 0 aliphatic rings. The number of carbonyl (C=O) groups is 1. The number of esters is 1. The summed E-state index contributed by atoms with van der Waals surface area (Å²) < 4.78 is 42.3. The second-order valence-electron chi connectivity index (χ2n) is 6.89. The van der Waals surface area contributed by atoms with Crippen LogP contribution in [0.5, 0.6) is 0 Å². The zero-order valence-electron chi connectivity index (χ0n) is 13.9. The summed E-state index contributed by atoms with van der Waals surface area (Å²) >= 11 is 0. The Morgan fingerprint density at radius 3 is 1.86 bits per heavy atom. The lowest BCUT2D eigenvalue weighted by molar-refractivity contribution is -0.164. The third kappa shape index (κ3) is 9.75. The van der Waals surface area contributed by atoms with Gasteiger partial charge in [0.25, 0.3) is 0 Å². The third-order valence-electron chi connectivity index (χ3n) is 3.79. The van der Waals surface area contributed by atoms with Crippen LogP contribution in [0.2, 0.25) is 0 Å². The lowest BCUT2D eigenvalue weighted by Crippen LogP contribution is -2.34. The normalized spacial score (nSPS) is 13.3. The molecular weight excluding hydrogens is 281 g/mol. The molecule has 0 aromatic rings. The van der Waals surface area contributed by atoms with Gasteiger partial charge in [-0.05, 0) is 37.5 Å². The fourth-order valence-electron chi connectivity index (χ4n) is 2.18. The number of carbonyl (C=O) groups excluding carboxylic acids is 1. The zero-order chi connectivity index (χ0) is 16.7. The maximum Gasteiger partial charge on any atom is 0.389 e. The Labute approximate surface area is 126 Å². The van der Waals surface area contributed by atoms with Crippen LogP contribution < -0.4 is 0 Å². The Balaban J connectivity index is 4.48. The Morgan fingerprint density at radius 1 is 0.952 bits per heavy atom. The largest absolute Gasteiger partial charge is 0.459 e. The van der Waals surface area contributed by atoms with Crippen molar-refractivity contribution >= 4 is 5.97 Å². The first-order valence-electron chi connectivity index (χ1n) is 7.71. The van der Waals surface area contributed by atoms with Gasteiger partial charge in [-0.1, -0.05) is 34.6 Å². The Bertz CT molecular complexity index is 312. The Morgan fingerprint density at radius 2 is 1.48 bits per heavy atom. The van der Waals surface area contributed by atoms with Crippen LogP contribution in [-0.4, -0.2) is 17.7 Å². The molecule has 0 unspecified atom stereocenters. The van der Waals surface area contributed by atoms with Crippen molar-refractivity contribution in [2.24, 2.45) is 5.41 Å². The molecule has 5 heteroatoms. The lowest BCUT2D eigenvalue weighted by Gasteiger charge is -2.32. The van der Waals surface area contributed by atoms with E-state index in [4.69, 9.17) is 4.74 Å². The predicted molar refractivity (Wildman–Crippen MR) is 78.0 cm³/mol. The Kier molecular flexibility index (Phi) is 7.76. The van der Waals surface area contributed by atoms with Crippen molar-refractivity contribution in [3.05, 3.63) is 0 Å². The van der Waals surface area contributed by atoms with Gasteiger partial charge >= 0.3 is 12.1 Å². The van der Waals surface area contributed by atoms with Crippen LogP contribution in [0.1, 0.15) is 79.6 Å². The number of alkyl halides is 3. The molecule has 0 N–H and O–H groups in total. The summed E-state index contributed by atoms with van der Waals surface area (Å²) in [4.78, 5) is 11.9. The maximum absolute atomic E-state index is 12.2. The van der Waals surface area contributed by atoms with E-state index in [0.717, 1.165) is 0 Å². The third-order valence-corrected chi connectivity index (χ3v) is 3.79. The summed E-state index contributed by atoms with van der Waals surface area (Å²) in [6.07, 6.45) is -2.61. The molecule has 0 bridgehead atoms. The van der Waals surface area contributed by atoms with Gasteiger partial charge in [-0.3, -0.25) is 4.79 Å². The van der Waals surface area contributed by atoms with Crippen molar-refractivity contribution in [1.29, 1.82) is 0 Å². The quantitative estimate of drug-likeness (QED) is 0.542. The molecule has 0 saturated carbocycles. The molecule has 0 aromatic carbocycles. The first kappa shape index (κ1) is 20.3. The summed E-state index contributed by atoms with van der Waals surface area (Å²) in [6, 6.07) is 0. The molecule has 0 aliphatic carbocycles. The summed E-state index contributed by atoms with van der Waals surface area (Å²) in [6.45, 7) is 9.83. The number of ether oxygens (including phenoxy) is 1. The fraction of sp³-hybridized carbons (Fsp3) is 0.938. The van der Waals surface area contributed by atoms with Crippen molar-refractivity contribution in [3.63, 3.8) is 0 Å². The number of rotatable bonds is 8. The van der Waals surface area contributed by atoms with Gasteiger partial charge in [-0.15, -0.1) is 0 Å². The molecular formula is C16H29F3O2. The van der Waals surface area contributed by atoms with Gasteiger partial charge < -0.3 is 4.74 Å². The van der Waals surface area contributed by atoms with Crippen LogP contribution >= 0.6 is 0 Å². The molecule has 0 fully saturated rings. The van der Waals surface area contributed by atoms with E-state index in [0.29, 0.717) is 25.7 Å². The average molecular weight is 310 g/mol. The van der Waals surface area contributed by atoms with E-state index in [1.54, 1.807) is 0 Å². The maximum atomic E-state index is 12.2.